The first-order chi connectivity index (χ1) is 9.82. The maximum absolute atomic E-state index is 11.7. The molecule has 0 aliphatic rings. The Morgan fingerprint density at radius 1 is 1.33 bits per heavy atom. The fraction of sp³-hybridized carbons (Fsp3) is 0.500. The first kappa shape index (κ1) is 17.0. The zero-order valence-corrected chi connectivity index (χ0v) is 13.4. The maximum atomic E-state index is 11.7. The Morgan fingerprint density at radius 3 is 2.67 bits per heavy atom. The highest BCUT2D eigenvalue weighted by Gasteiger charge is 2.19. The second kappa shape index (κ2) is 7.67. The fourth-order valence-electron chi connectivity index (χ4n) is 1.67. The minimum absolute atomic E-state index is 0.0138. The van der Waals surface area contributed by atoms with Gasteiger partial charge in [-0.15, -0.1) is 0 Å². The van der Waals surface area contributed by atoms with Crippen molar-refractivity contribution in [2.24, 2.45) is 16.1 Å². The van der Waals surface area contributed by atoms with Crippen LogP contribution in [0.2, 0.25) is 0 Å². The number of guanidine groups is 1. The van der Waals surface area contributed by atoms with Gasteiger partial charge in [0.2, 0.25) is 5.91 Å². The van der Waals surface area contributed by atoms with Crippen molar-refractivity contribution < 1.29 is 4.79 Å². The van der Waals surface area contributed by atoms with Crippen molar-refractivity contribution >= 4 is 17.6 Å². The van der Waals surface area contributed by atoms with E-state index in [1.54, 1.807) is 0 Å². The average Bonchev–Trinajstić information content (AvgIpc) is 2.42. The van der Waals surface area contributed by atoms with E-state index >= 15 is 0 Å². The molecule has 0 saturated carbocycles. The predicted octanol–water partition coefficient (Wildman–Crippen LogP) is 2.14. The van der Waals surface area contributed by atoms with E-state index in [0.717, 1.165) is 12.1 Å². The van der Waals surface area contributed by atoms with Crippen LogP contribution in [0.3, 0.4) is 0 Å². The lowest BCUT2D eigenvalue weighted by Crippen LogP contribution is -2.36. The monoisotopic (exact) mass is 290 g/mol. The predicted molar refractivity (Wildman–Crippen MR) is 88.4 cm³/mol. The fourth-order valence-corrected chi connectivity index (χ4v) is 1.67. The lowest BCUT2D eigenvalue weighted by atomic mass is 9.96. The molecular formula is C16H26N4O. The molecule has 0 spiro atoms. The molecule has 5 nitrogen and oxygen atoms in total. The van der Waals surface area contributed by atoms with Crippen LogP contribution in [-0.4, -0.2) is 25.0 Å². The van der Waals surface area contributed by atoms with Gasteiger partial charge < -0.3 is 16.4 Å². The number of rotatable bonds is 5. The third kappa shape index (κ3) is 6.29. The Bertz CT molecular complexity index is 503. The number of anilines is 1. The third-order valence-electron chi connectivity index (χ3n) is 2.97. The lowest BCUT2D eigenvalue weighted by Gasteiger charge is -2.17. The van der Waals surface area contributed by atoms with Gasteiger partial charge in [-0.1, -0.05) is 39.8 Å². The molecule has 1 aromatic rings. The van der Waals surface area contributed by atoms with Gasteiger partial charge in [0.15, 0.2) is 5.96 Å². The number of aliphatic imine (C=N–C) groups is 1. The van der Waals surface area contributed by atoms with Crippen LogP contribution in [0, 0.1) is 5.41 Å². The van der Waals surface area contributed by atoms with Crippen LogP contribution in [0.1, 0.15) is 33.3 Å². The number of nitrogens with zero attached hydrogens (tertiary/aromatic N) is 1. The molecule has 0 aliphatic carbocycles. The number of amides is 1. The molecule has 0 saturated heterocycles. The molecule has 0 fully saturated rings. The second-order valence-electron chi connectivity index (χ2n) is 5.95. The summed E-state index contributed by atoms with van der Waals surface area (Å²) < 4.78 is 0. The summed E-state index contributed by atoms with van der Waals surface area (Å²) in [7, 11) is 0. The highest BCUT2D eigenvalue weighted by molar-refractivity contribution is 5.92. The molecule has 0 unspecified atom stereocenters. The van der Waals surface area contributed by atoms with Crippen LogP contribution in [0.15, 0.2) is 29.3 Å². The first-order valence-electron chi connectivity index (χ1n) is 7.27. The number of hydrogen-bond acceptors (Lipinski definition) is 2. The van der Waals surface area contributed by atoms with Gasteiger partial charge in [-0.25, -0.2) is 0 Å². The van der Waals surface area contributed by atoms with Crippen molar-refractivity contribution in [3.8, 4) is 0 Å². The summed E-state index contributed by atoms with van der Waals surface area (Å²) in [5.74, 6) is 0.369. The van der Waals surface area contributed by atoms with Crippen LogP contribution in [0.4, 0.5) is 5.69 Å². The molecule has 0 bridgehead atoms. The second-order valence-corrected chi connectivity index (χ2v) is 5.95. The smallest absolute Gasteiger partial charge is 0.225 e. The summed E-state index contributed by atoms with van der Waals surface area (Å²) in [6.45, 7) is 8.67. The topological polar surface area (TPSA) is 79.5 Å². The van der Waals surface area contributed by atoms with Crippen molar-refractivity contribution in [2.45, 2.75) is 34.1 Å². The van der Waals surface area contributed by atoms with Gasteiger partial charge in [-0.2, -0.15) is 0 Å². The van der Waals surface area contributed by atoms with E-state index in [2.05, 4.69) is 28.6 Å². The van der Waals surface area contributed by atoms with Crippen LogP contribution >= 0.6 is 0 Å². The number of carbonyl (C=O) groups is 1. The number of nitrogens with two attached hydrogens (primary N) is 1. The van der Waals surface area contributed by atoms with Crippen LogP contribution in [0.25, 0.3) is 0 Å². The zero-order valence-electron chi connectivity index (χ0n) is 13.4. The first-order valence-corrected chi connectivity index (χ1v) is 7.27. The van der Waals surface area contributed by atoms with Crippen molar-refractivity contribution in [2.75, 3.05) is 18.4 Å². The van der Waals surface area contributed by atoms with E-state index in [1.807, 2.05) is 39.0 Å². The van der Waals surface area contributed by atoms with E-state index in [1.165, 1.54) is 5.56 Å². The quantitative estimate of drug-likeness (QED) is 0.441. The Kier molecular flexibility index (Phi) is 6.21. The molecule has 1 amide bonds. The number of carbonyl (C=O) groups excluding carboxylic acids is 1. The zero-order chi connectivity index (χ0) is 15.9. The van der Waals surface area contributed by atoms with Crippen LogP contribution in [0.5, 0.6) is 0 Å². The number of hydrogen-bond donors (Lipinski definition) is 3. The third-order valence-corrected chi connectivity index (χ3v) is 2.97. The summed E-state index contributed by atoms with van der Waals surface area (Å²) in [6.07, 6.45) is 0.978. The van der Waals surface area contributed by atoms with E-state index in [4.69, 9.17) is 5.73 Å². The minimum Gasteiger partial charge on any atom is -0.370 e. The maximum Gasteiger partial charge on any atom is 0.225 e. The summed E-state index contributed by atoms with van der Waals surface area (Å²) >= 11 is 0. The van der Waals surface area contributed by atoms with Gasteiger partial charge in [-0.05, 0) is 24.1 Å². The standard InChI is InChI=1S/C16H26N4O/c1-5-12-7-6-8-13(11-12)20-15(17)19-10-9-18-14(21)16(2,3)4/h6-8,11H,5,9-10H2,1-4H3,(H,18,21)(H3,17,19,20). The Hall–Kier alpha value is -2.04. The van der Waals surface area contributed by atoms with E-state index in [-0.39, 0.29) is 11.3 Å². The van der Waals surface area contributed by atoms with Crippen molar-refractivity contribution in [1.82, 2.24) is 5.32 Å². The van der Waals surface area contributed by atoms with Crippen molar-refractivity contribution in [1.29, 1.82) is 0 Å². The molecule has 5 heteroatoms. The summed E-state index contributed by atoms with van der Waals surface area (Å²) in [6, 6.07) is 8.05. The summed E-state index contributed by atoms with van der Waals surface area (Å²) in [5, 5.41) is 5.88. The van der Waals surface area contributed by atoms with Gasteiger partial charge in [0.05, 0.1) is 6.54 Å². The van der Waals surface area contributed by atoms with Crippen LogP contribution < -0.4 is 16.4 Å². The summed E-state index contributed by atoms with van der Waals surface area (Å²) in [5.41, 5.74) is 7.61. The minimum atomic E-state index is -0.381. The average molecular weight is 290 g/mol. The van der Waals surface area contributed by atoms with Gasteiger partial charge >= 0.3 is 0 Å². The van der Waals surface area contributed by atoms with Gasteiger partial charge in [-0.3, -0.25) is 9.79 Å². The molecule has 0 heterocycles. The van der Waals surface area contributed by atoms with E-state index < -0.39 is 0 Å². The molecule has 0 aliphatic heterocycles. The number of nitrogens with one attached hydrogen (secondary N) is 2. The Morgan fingerprint density at radius 2 is 2.05 bits per heavy atom. The van der Waals surface area contributed by atoms with Crippen molar-refractivity contribution in [3.05, 3.63) is 29.8 Å². The van der Waals surface area contributed by atoms with Crippen LogP contribution in [-0.2, 0) is 11.2 Å². The molecule has 1 aromatic carbocycles. The molecule has 0 radical (unpaired) electrons. The van der Waals surface area contributed by atoms with Crippen molar-refractivity contribution in [3.63, 3.8) is 0 Å². The Labute approximate surface area is 127 Å². The highest BCUT2D eigenvalue weighted by atomic mass is 16.2. The number of benzene rings is 1. The molecular weight excluding hydrogens is 264 g/mol. The molecule has 116 valence electrons. The van der Waals surface area contributed by atoms with Gasteiger partial charge in [0.25, 0.3) is 0 Å². The highest BCUT2D eigenvalue weighted by Crippen LogP contribution is 2.12. The molecule has 4 N–H and O–H groups in total. The van der Waals surface area contributed by atoms with Gasteiger partial charge in [0.1, 0.15) is 0 Å². The largest absolute Gasteiger partial charge is 0.370 e. The number of aryl methyl sites for hydroxylation is 1. The van der Waals surface area contributed by atoms with E-state index in [0.29, 0.717) is 19.0 Å². The Balaban J connectivity index is 2.41. The lowest BCUT2D eigenvalue weighted by molar-refractivity contribution is -0.128. The molecule has 0 atom stereocenters. The molecule has 0 aromatic heterocycles. The molecule has 21 heavy (non-hydrogen) atoms. The summed E-state index contributed by atoms with van der Waals surface area (Å²) in [4.78, 5) is 15.9. The SMILES string of the molecule is CCc1cccc(NC(N)=NCCNC(=O)C(C)(C)C)c1. The van der Waals surface area contributed by atoms with E-state index in [9.17, 15) is 4.79 Å². The molecule has 1 rings (SSSR count). The van der Waals surface area contributed by atoms with Gasteiger partial charge in [0, 0.05) is 17.6 Å². The normalized spacial score (nSPS) is 12.1.